The maximum Gasteiger partial charge on any atom is 0.408 e. The molecule has 0 aliphatic heterocycles. The number of hydrogen-bond donors (Lipinski definition) is 2. The fourth-order valence-electron chi connectivity index (χ4n) is 3.24. The van der Waals surface area contributed by atoms with Gasteiger partial charge in [-0.2, -0.15) is 23.3 Å². The van der Waals surface area contributed by atoms with E-state index in [0.29, 0.717) is 11.5 Å². The molecule has 30 heavy (non-hydrogen) atoms. The molecule has 0 saturated heterocycles. The van der Waals surface area contributed by atoms with Crippen molar-refractivity contribution in [1.82, 2.24) is 24.6 Å². The summed E-state index contributed by atoms with van der Waals surface area (Å²) in [5.74, 6) is 1.61. The van der Waals surface area contributed by atoms with Crippen LogP contribution in [0.3, 0.4) is 0 Å². The molecule has 10 heteroatoms. The smallest absolute Gasteiger partial charge is 0.325 e. The second kappa shape index (κ2) is 8.31. The van der Waals surface area contributed by atoms with E-state index in [0.717, 1.165) is 22.0 Å². The van der Waals surface area contributed by atoms with Crippen molar-refractivity contribution in [1.29, 1.82) is 0 Å². The SMILES string of the molecule is Cc1nn(C)c(Nc2ccnc(Nc3cccc(C(N(C)C)C(F)(F)F)c3)n2)c1C. The largest absolute Gasteiger partial charge is 0.408 e. The summed E-state index contributed by atoms with van der Waals surface area (Å²) in [6, 6.07) is 6.15. The molecule has 0 saturated carbocycles. The van der Waals surface area contributed by atoms with E-state index in [1.807, 2.05) is 20.9 Å². The minimum atomic E-state index is -4.39. The molecular formula is C20H24F3N7. The van der Waals surface area contributed by atoms with E-state index in [1.165, 1.54) is 26.2 Å². The topological polar surface area (TPSA) is 70.9 Å². The Morgan fingerprint density at radius 1 is 1.10 bits per heavy atom. The summed E-state index contributed by atoms with van der Waals surface area (Å²) >= 11 is 0. The lowest BCUT2D eigenvalue weighted by Gasteiger charge is -2.27. The van der Waals surface area contributed by atoms with Crippen LogP contribution in [0.4, 0.5) is 36.4 Å². The molecule has 0 aliphatic carbocycles. The highest BCUT2D eigenvalue weighted by atomic mass is 19.4. The third-order valence-electron chi connectivity index (χ3n) is 4.71. The van der Waals surface area contributed by atoms with Gasteiger partial charge in [0.2, 0.25) is 5.95 Å². The van der Waals surface area contributed by atoms with E-state index in [9.17, 15) is 13.2 Å². The zero-order valence-electron chi connectivity index (χ0n) is 17.4. The molecule has 0 bridgehead atoms. The molecule has 1 aromatic carbocycles. The molecule has 0 fully saturated rings. The van der Waals surface area contributed by atoms with Crippen molar-refractivity contribution >= 4 is 23.3 Å². The van der Waals surface area contributed by atoms with Crippen LogP contribution in [-0.2, 0) is 7.05 Å². The summed E-state index contributed by atoms with van der Waals surface area (Å²) in [6.45, 7) is 3.88. The van der Waals surface area contributed by atoms with Gasteiger partial charge in [0.25, 0.3) is 0 Å². The summed E-state index contributed by atoms with van der Waals surface area (Å²) < 4.78 is 42.0. The molecule has 2 heterocycles. The number of rotatable bonds is 6. The highest BCUT2D eigenvalue weighted by Gasteiger charge is 2.42. The molecular weight excluding hydrogens is 395 g/mol. The van der Waals surface area contributed by atoms with Crippen LogP contribution in [0, 0.1) is 13.8 Å². The minimum Gasteiger partial charge on any atom is -0.325 e. The van der Waals surface area contributed by atoms with Crippen LogP contribution < -0.4 is 10.6 Å². The lowest BCUT2D eigenvalue weighted by Crippen LogP contribution is -2.33. The first-order valence-electron chi connectivity index (χ1n) is 9.26. The van der Waals surface area contributed by atoms with Crippen molar-refractivity contribution in [2.75, 3.05) is 24.7 Å². The molecule has 3 rings (SSSR count). The van der Waals surface area contributed by atoms with Crippen molar-refractivity contribution in [3.8, 4) is 0 Å². The van der Waals surface area contributed by atoms with Gasteiger partial charge in [0, 0.05) is 24.5 Å². The highest BCUT2D eigenvalue weighted by molar-refractivity contribution is 5.60. The van der Waals surface area contributed by atoms with Crippen molar-refractivity contribution in [3.05, 3.63) is 53.3 Å². The number of benzene rings is 1. The molecule has 160 valence electrons. The number of alkyl halides is 3. The summed E-state index contributed by atoms with van der Waals surface area (Å²) in [5.41, 5.74) is 2.51. The van der Waals surface area contributed by atoms with Gasteiger partial charge in [-0.15, -0.1) is 0 Å². The number of hydrogen-bond acceptors (Lipinski definition) is 6. The highest BCUT2D eigenvalue weighted by Crippen LogP contribution is 2.37. The predicted molar refractivity (Wildman–Crippen MR) is 110 cm³/mol. The normalized spacial score (nSPS) is 12.8. The summed E-state index contributed by atoms with van der Waals surface area (Å²) in [6.07, 6.45) is -2.82. The Kier molecular flexibility index (Phi) is 5.97. The van der Waals surface area contributed by atoms with E-state index in [4.69, 9.17) is 0 Å². The second-order valence-electron chi connectivity index (χ2n) is 7.23. The number of aromatic nitrogens is 4. The molecule has 0 spiro atoms. The lowest BCUT2D eigenvalue weighted by atomic mass is 10.0. The average Bonchev–Trinajstić information content (AvgIpc) is 2.87. The van der Waals surface area contributed by atoms with Gasteiger partial charge in [-0.25, -0.2) is 4.98 Å². The molecule has 3 aromatic rings. The first-order chi connectivity index (χ1) is 14.1. The van der Waals surface area contributed by atoms with E-state index < -0.39 is 12.2 Å². The lowest BCUT2D eigenvalue weighted by molar-refractivity contribution is -0.179. The number of halogens is 3. The zero-order chi connectivity index (χ0) is 22.1. The van der Waals surface area contributed by atoms with Crippen LogP contribution >= 0.6 is 0 Å². The number of aryl methyl sites for hydroxylation is 2. The molecule has 1 atom stereocenters. The van der Waals surface area contributed by atoms with Crippen molar-refractivity contribution in [2.45, 2.75) is 26.1 Å². The van der Waals surface area contributed by atoms with Crippen LogP contribution in [0.25, 0.3) is 0 Å². The Hall–Kier alpha value is -3.14. The maximum atomic E-state index is 13.4. The summed E-state index contributed by atoms with van der Waals surface area (Å²) in [4.78, 5) is 9.71. The quantitative estimate of drug-likeness (QED) is 0.614. The third kappa shape index (κ3) is 4.70. The first kappa shape index (κ1) is 21.6. The standard InChI is InChI=1S/C20H24F3N7/c1-12-13(2)28-30(5)18(12)26-16-9-10-24-19(27-16)25-15-8-6-7-14(11-15)17(29(3)4)20(21,22)23/h6-11,17H,1-5H3,(H2,24,25,26,27). The maximum absolute atomic E-state index is 13.4. The van der Waals surface area contributed by atoms with Crippen LogP contribution in [0.5, 0.6) is 0 Å². The van der Waals surface area contributed by atoms with Crippen LogP contribution in [0.15, 0.2) is 36.5 Å². The minimum absolute atomic E-state index is 0.132. The predicted octanol–water partition coefficient (Wildman–Crippen LogP) is 4.48. The Labute approximate surface area is 173 Å². The third-order valence-corrected chi connectivity index (χ3v) is 4.71. The van der Waals surface area contributed by atoms with Gasteiger partial charge in [0.1, 0.15) is 17.7 Å². The van der Waals surface area contributed by atoms with Gasteiger partial charge in [-0.1, -0.05) is 12.1 Å². The van der Waals surface area contributed by atoms with Crippen LogP contribution in [0.1, 0.15) is 22.9 Å². The average molecular weight is 419 g/mol. The van der Waals surface area contributed by atoms with Gasteiger partial charge < -0.3 is 10.6 Å². The monoisotopic (exact) mass is 419 g/mol. The van der Waals surface area contributed by atoms with Gasteiger partial charge in [0.15, 0.2) is 0 Å². The van der Waals surface area contributed by atoms with E-state index in [2.05, 4.69) is 25.7 Å². The second-order valence-corrected chi connectivity index (χ2v) is 7.23. The van der Waals surface area contributed by atoms with Gasteiger partial charge >= 0.3 is 6.18 Å². The van der Waals surface area contributed by atoms with Crippen LogP contribution in [-0.4, -0.2) is 44.9 Å². The summed E-state index contributed by atoms with van der Waals surface area (Å²) in [7, 11) is 4.63. The molecule has 2 N–H and O–H groups in total. The van der Waals surface area contributed by atoms with E-state index in [-0.39, 0.29) is 11.5 Å². The molecule has 0 amide bonds. The van der Waals surface area contributed by atoms with Gasteiger partial charge in [-0.05, 0) is 51.7 Å². The number of nitrogens with one attached hydrogen (secondary N) is 2. The van der Waals surface area contributed by atoms with Crippen molar-refractivity contribution in [2.24, 2.45) is 7.05 Å². The van der Waals surface area contributed by atoms with E-state index >= 15 is 0 Å². The fraction of sp³-hybridized carbons (Fsp3) is 0.350. The molecule has 7 nitrogen and oxygen atoms in total. The number of nitrogens with zero attached hydrogens (tertiary/aromatic N) is 5. The Bertz CT molecular complexity index is 1030. The zero-order valence-corrected chi connectivity index (χ0v) is 17.4. The fourth-order valence-corrected chi connectivity index (χ4v) is 3.24. The molecule has 1 unspecified atom stereocenters. The van der Waals surface area contributed by atoms with E-state index in [1.54, 1.807) is 29.1 Å². The number of anilines is 4. The Balaban J connectivity index is 1.83. The van der Waals surface area contributed by atoms with Gasteiger partial charge in [0.05, 0.1) is 5.69 Å². The first-order valence-corrected chi connectivity index (χ1v) is 9.26. The van der Waals surface area contributed by atoms with Crippen molar-refractivity contribution < 1.29 is 13.2 Å². The summed E-state index contributed by atoms with van der Waals surface area (Å²) in [5, 5.41) is 10.5. The van der Waals surface area contributed by atoms with Crippen LogP contribution in [0.2, 0.25) is 0 Å². The van der Waals surface area contributed by atoms with Crippen molar-refractivity contribution in [3.63, 3.8) is 0 Å². The Morgan fingerprint density at radius 2 is 1.83 bits per heavy atom. The molecule has 0 radical (unpaired) electrons. The molecule has 0 aliphatic rings. The molecule has 2 aromatic heterocycles. The Morgan fingerprint density at radius 3 is 2.43 bits per heavy atom. The van der Waals surface area contributed by atoms with Gasteiger partial charge in [-0.3, -0.25) is 9.58 Å².